The molecular weight excluding hydrogens is 373 g/mol. The lowest BCUT2D eigenvalue weighted by molar-refractivity contribution is 0.102. The van der Waals surface area contributed by atoms with E-state index in [1.165, 1.54) is 6.07 Å². The molecule has 0 bridgehead atoms. The number of imidazole rings is 1. The van der Waals surface area contributed by atoms with E-state index in [1.807, 2.05) is 12.1 Å². The normalized spacial score (nSPS) is 17.4. The van der Waals surface area contributed by atoms with Crippen LogP contribution in [0.1, 0.15) is 40.8 Å². The van der Waals surface area contributed by atoms with Gasteiger partial charge in [-0.3, -0.25) is 9.69 Å². The molecule has 7 nitrogen and oxygen atoms in total. The van der Waals surface area contributed by atoms with Crippen molar-refractivity contribution in [3.63, 3.8) is 0 Å². The van der Waals surface area contributed by atoms with Crippen LogP contribution in [0.15, 0.2) is 34.9 Å². The van der Waals surface area contributed by atoms with Gasteiger partial charge in [0, 0.05) is 11.1 Å². The number of H-pyrrole nitrogens is 1. The SMILES string of the molecule is Cc1noc2c(F)c(C(=O)Nc3ccc4nc([C@H]5CCCN5C)[nH]c4c3)ccc12. The average molecular weight is 393 g/mol. The van der Waals surface area contributed by atoms with Crippen molar-refractivity contribution in [3.8, 4) is 0 Å². The monoisotopic (exact) mass is 393 g/mol. The van der Waals surface area contributed by atoms with Gasteiger partial charge in [-0.25, -0.2) is 9.37 Å². The molecule has 2 aromatic heterocycles. The molecule has 1 aliphatic heterocycles. The van der Waals surface area contributed by atoms with Crippen LogP contribution >= 0.6 is 0 Å². The van der Waals surface area contributed by atoms with Gasteiger partial charge in [-0.15, -0.1) is 0 Å². The molecule has 1 atom stereocenters. The van der Waals surface area contributed by atoms with Crippen molar-refractivity contribution in [2.45, 2.75) is 25.8 Å². The highest BCUT2D eigenvalue weighted by molar-refractivity contribution is 6.07. The summed E-state index contributed by atoms with van der Waals surface area (Å²) in [7, 11) is 2.10. The summed E-state index contributed by atoms with van der Waals surface area (Å²) in [6.07, 6.45) is 2.23. The summed E-state index contributed by atoms with van der Waals surface area (Å²) in [5, 5.41) is 7.06. The summed E-state index contributed by atoms with van der Waals surface area (Å²) in [4.78, 5) is 23.0. The van der Waals surface area contributed by atoms with Gasteiger partial charge >= 0.3 is 0 Å². The van der Waals surface area contributed by atoms with Gasteiger partial charge in [-0.2, -0.15) is 0 Å². The maximum Gasteiger partial charge on any atom is 0.258 e. The third kappa shape index (κ3) is 2.96. The fourth-order valence-electron chi connectivity index (χ4n) is 3.99. The fraction of sp³-hybridized carbons (Fsp3) is 0.286. The summed E-state index contributed by atoms with van der Waals surface area (Å²) in [6.45, 7) is 2.78. The van der Waals surface area contributed by atoms with E-state index in [1.54, 1.807) is 19.1 Å². The third-order valence-electron chi connectivity index (χ3n) is 5.60. The Morgan fingerprint density at radius 3 is 3.00 bits per heavy atom. The Morgan fingerprint density at radius 2 is 2.21 bits per heavy atom. The van der Waals surface area contributed by atoms with Crippen LogP contribution in [-0.4, -0.2) is 39.5 Å². The first-order valence-corrected chi connectivity index (χ1v) is 9.57. The van der Waals surface area contributed by atoms with Crippen LogP contribution in [-0.2, 0) is 0 Å². The topological polar surface area (TPSA) is 87.1 Å². The Labute approximate surface area is 165 Å². The Bertz CT molecular complexity index is 1240. The van der Waals surface area contributed by atoms with Crippen molar-refractivity contribution in [1.82, 2.24) is 20.0 Å². The van der Waals surface area contributed by atoms with Gasteiger partial charge in [0.25, 0.3) is 5.91 Å². The van der Waals surface area contributed by atoms with Crippen LogP contribution in [0.3, 0.4) is 0 Å². The summed E-state index contributed by atoms with van der Waals surface area (Å²) < 4.78 is 19.7. The number of rotatable bonds is 3. The van der Waals surface area contributed by atoms with Crippen LogP contribution in [0.25, 0.3) is 22.0 Å². The molecule has 1 fully saturated rings. The van der Waals surface area contributed by atoms with Crippen LogP contribution < -0.4 is 5.32 Å². The van der Waals surface area contributed by atoms with Crippen molar-refractivity contribution in [2.75, 3.05) is 18.9 Å². The zero-order chi connectivity index (χ0) is 20.1. The second-order valence-corrected chi connectivity index (χ2v) is 7.52. The van der Waals surface area contributed by atoms with Gasteiger partial charge in [0.2, 0.25) is 5.58 Å². The van der Waals surface area contributed by atoms with Crippen LogP contribution in [0.5, 0.6) is 0 Å². The molecule has 148 valence electrons. The van der Waals surface area contributed by atoms with E-state index in [4.69, 9.17) is 4.52 Å². The van der Waals surface area contributed by atoms with Crippen molar-refractivity contribution >= 4 is 33.6 Å². The lowest BCUT2D eigenvalue weighted by Crippen LogP contribution is -2.18. The molecule has 0 aliphatic carbocycles. The van der Waals surface area contributed by atoms with Crippen molar-refractivity contribution in [1.29, 1.82) is 0 Å². The molecule has 29 heavy (non-hydrogen) atoms. The smallest absolute Gasteiger partial charge is 0.258 e. The molecule has 0 saturated carbocycles. The Balaban J connectivity index is 1.42. The predicted molar refractivity (Wildman–Crippen MR) is 107 cm³/mol. The standard InChI is InChI=1S/C21H20FN5O2/c1-11-13-6-7-14(18(22)19(13)29-26-11)21(28)23-12-5-8-15-16(10-12)25-20(24-15)17-4-3-9-27(17)2/h5-8,10,17H,3-4,9H2,1-2H3,(H,23,28)(H,24,25)/t17-/m1/s1. The molecule has 0 unspecified atom stereocenters. The molecule has 2 aromatic carbocycles. The summed E-state index contributed by atoms with van der Waals surface area (Å²) in [5.41, 5.74) is 2.71. The first-order chi connectivity index (χ1) is 14.0. The fourth-order valence-corrected chi connectivity index (χ4v) is 3.99. The Kier molecular flexibility index (Phi) is 4.09. The first-order valence-electron chi connectivity index (χ1n) is 9.57. The number of benzene rings is 2. The van der Waals surface area contributed by atoms with E-state index in [2.05, 4.69) is 32.4 Å². The molecule has 4 aromatic rings. The highest BCUT2D eigenvalue weighted by atomic mass is 19.1. The number of hydrogen-bond acceptors (Lipinski definition) is 5. The number of likely N-dealkylation sites (tertiary alicyclic amines) is 1. The van der Waals surface area contributed by atoms with E-state index in [-0.39, 0.29) is 17.2 Å². The Morgan fingerprint density at radius 1 is 1.34 bits per heavy atom. The number of nitrogens with one attached hydrogen (secondary N) is 2. The Hall–Kier alpha value is -3.26. The number of aromatic amines is 1. The molecule has 5 rings (SSSR count). The van der Waals surface area contributed by atoms with Gasteiger partial charge in [0.1, 0.15) is 5.82 Å². The number of anilines is 1. The number of hydrogen-bond donors (Lipinski definition) is 2. The van der Waals surface area contributed by atoms with Gasteiger partial charge in [-0.05, 0) is 63.7 Å². The van der Waals surface area contributed by atoms with Crippen LogP contribution in [0.2, 0.25) is 0 Å². The van der Waals surface area contributed by atoms with Crippen molar-refractivity contribution in [3.05, 3.63) is 53.2 Å². The number of carbonyl (C=O) groups excluding carboxylic acids is 1. The van der Waals surface area contributed by atoms with Gasteiger partial charge in [0.05, 0.1) is 28.3 Å². The molecule has 1 amide bonds. The molecule has 8 heteroatoms. The number of halogens is 1. The van der Waals surface area contributed by atoms with Gasteiger partial charge < -0.3 is 14.8 Å². The van der Waals surface area contributed by atoms with Crippen molar-refractivity contribution in [2.24, 2.45) is 0 Å². The maximum atomic E-state index is 14.7. The molecule has 1 saturated heterocycles. The summed E-state index contributed by atoms with van der Waals surface area (Å²) in [5.74, 6) is -0.330. The minimum atomic E-state index is -0.713. The molecule has 1 aliphatic rings. The van der Waals surface area contributed by atoms with E-state index in [0.29, 0.717) is 16.8 Å². The third-order valence-corrected chi connectivity index (χ3v) is 5.60. The maximum absolute atomic E-state index is 14.7. The van der Waals surface area contributed by atoms with Gasteiger partial charge in [0.15, 0.2) is 5.82 Å². The molecular formula is C21H20FN5O2. The highest BCUT2D eigenvalue weighted by Gasteiger charge is 2.25. The zero-order valence-corrected chi connectivity index (χ0v) is 16.1. The second kappa shape index (κ2) is 6.66. The quantitative estimate of drug-likeness (QED) is 0.545. The highest BCUT2D eigenvalue weighted by Crippen LogP contribution is 2.30. The van der Waals surface area contributed by atoms with E-state index < -0.39 is 11.7 Å². The summed E-state index contributed by atoms with van der Waals surface area (Å²) in [6, 6.07) is 8.79. The number of aryl methyl sites for hydroxylation is 1. The lowest BCUT2D eigenvalue weighted by Gasteiger charge is -2.16. The predicted octanol–water partition coefficient (Wildman–Crippen LogP) is 4.17. The molecule has 3 heterocycles. The number of amides is 1. The molecule has 2 N–H and O–H groups in total. The minimum Gasteiger partial charge on any atom is -0.353 e. The largest absolute Gasteiger partial charge is 0.353 e. The minimum absolute atomic E-state index is 0.00973. The van der Waals surface area contributed by atoms with E-state index >= 15 is 0 Å². The van der Waals surface area contributed by atoms with E-state index in [0.717, 1.165) is 36.2 Å². The number of fused-ring (bicyclic) bond motifs is 2. The number of aromatic nitrogens is 3. The lowest BCUT2D eigenvalue weighted by atomic mass is 10.1. The first kappa shape index (κ1) is 17.8. The van der Waals surface area contributed by atoms with Crippen molar-refractivity contribution < 1.29 is 13.7 Å². The van der Waals surface area contributed by atoms with Crippen LogP contribution in [0.4, 0.5) is 10.1 Å². The molecule has 0 radical (unpaired) electrons. The molecule has 0 spiro atoms. The number of carbonyl (C=O) groups is 1. The van der Waals surface area contributed by atoms with E-state index in [9.17, 15) is 9.18 Å². The van der Waals surface area contributed by atoms with Crippen LogP contribution in [0, 0.1) is 12.7 Å². The summed E-state index contributed by atoms with van der Waals surface area (Å²) >= 11 is 0. The van der Waals surface area contributed by atoms with Gasteiger partial charge in [-0.1, -0.05) is 5.16 Å². The number of nitrogens with zero attached hydrogens (tertiary/aromatic N) is 3. The average Bonchev–Trinajstić information content (AvgIpc) is 3.40. The zero-order valence-electron chi connectivity index (χ0n) is 16.1. The second-order valence-electron chi connectivity index (χ2n) is 7.52.